The second-order valence-electron chi connectivity index (χ2n) is 10.4. The number of aromatic amines is 1. The molecule has 0 fully saturated rings. The molecule has 1 unspecified atom stereocenters. The number of H-pyrrole nitrogens is 1. The van der Waals surface area contributed by atoms with E-state index in [4.69, 9.17) is 0 Å². The lowest BCUT2D eigenvalue weighted by Crippen LogP contribution is -2.43. The van der Waals surface area contributed by atoms with Crippen LogP contribution in [0, 0.1) is 0 Å². The van der Waals surface area contributed by atoms with E-state index in [1.54, 1.807) is 0 Å². The van der Waals surface area contributed by atoms with Gasteiger partial charge in [-0.25, -0.2) is 4.98 Å². The first-order chi connectivity index (χ1) is 20.2. The van der Waals surface area contributed by atoms with Gasteiger partial charge in [-0.1, -0.05) is 48.5 Å². The largest absolute Gasteiger partial charge is 0.341 e. The fraction of sp³-hybridized carbons (Fsp3) is 0.303. The molecule has 0 aliphatic carbocycles. The fourth-order valence-electron chi connectivity index (χ4n) is 4.85. The predicted molar refractivity (Wildman–Crippen MR) is 165 cm³/mol. The van der Waals surface area contributed by atoms with E-state index in [9.17, 15) is 0 Å². The van der Waals surface area contributed by atoms with E-state index in [-0.39, 0.29) is 0 Å². The molecule has 3 heterocycles. The SMILES string of the molecule is CC(CNCc1ccccn1)N(CCNCc1ccccn1)Cc1ccc(CNCc2nc3ccccc3[nH]2)cc1. The van der Waals surface area contributed by atoms with Gasteiger partial charge in [0.05, 0.1) is 29.0 Å². The lowest BCUT2D eigenvalue weighted by atomic mass is 10.1. The van der Waals surface area contributed by atoms with Crippen LogP contribution >= 0.6 is 0 Å². The van der Waals surface area contributed by atoms with Gasteiger partial charge in [-0.15, -0.1) is 0 Å². The number of rotatable bonds is 16. The van der Waals surface area contributed by atoms with Crippen LogP contribution in [-0.4, -0.2) is 50.5 Å². The van der Waals surface area contributed by atoms with Crippen molar-refractivity contribution in [3.05, 3.63) is 126 Å². The van der Waals surface area contributed by atoms with Crippen LogP contribution in [0.5, 0.6) is 0 Å². The highest BCUT2D eigenvalue weighted by Crippen LogP contribution is 2.12. The molecular formula is C33H40N8. The molecule has 0 aliphatic heterocycles. The second kappa shape index (κ2) is 15.2. The molecule has 0 bridgehead atoms. The van der Waals surface area contributed by atoms with Crippen LogP contribution < -0.4 is 16.0 Å². The molecule has 41 heavy (non-hydrogen) atoms. The van der Waals surface area contributed by atoms with Crippen LogP contribution in [-0.2, 0) is 32.7 Å². The third-order valence-corrected chi connectivity index (χ3v) is 7.17. The third-order valence-electron chi connectivity index (χ3n) is 7.17. The number of hydrogen-bond donors (Lipinski definition) is 4. The highest BCUT2D eigenvalue weighted by atomic mass is 15.2. The summed E-state index contributed by atoms with van der Waals surface area (Å²) in [6, 6.07) is 29.5. The minimum atomic E-state index is 0.362. The standard InChI is InChI=1S/C33H40N8/c1-26(20-35-23-30-9-5-7-17-38-30)41(19-18-34-22-29-8-4-6-16-37-29)25-28-14-12-27(13-15-28)21-36-24-33-39-31-10-2-3-11-32(31)40-33/h2-17,26,34-36H,18-25H2,1H3,(H,39,40). The molecule has 0 spiro atoms. The molecule has 212 valence electrons. The molecule has 5 aromatic rings. The number of para-hydroxylation sites is 2. The van der Waals surface area contributed by atoms with Crippen molar-refractivity contribution in [1.82, 2.24) is 40.8 Å². The number of pyridine rings is 2. The average Bonchev–Trinajstić information content (AvgIpc) is 3.43. The van der Waals surface area contributed by atoms with E-state index in [2.05, 4.69) is 90.2 Å². The van der Waals surface area contributed by atoms with Gasteiger partial charge in [0.1, 0.15) is 5.82 Å². The maximum Gasteiger partial charge on any atom is 0.121 e. The maximum absolute atomic E-state index is 4.65. The van der Waals surface area contributed by atoms with E-state index in [0.717, 1.165) is 74.1 Å². The number of benzene rings is 2. The summed E-state index contributed by atoms with van der Waals surface area (Å²) in [5.41, 5.74) is 6.78. The molecule has 0 amide bonds. The first-order valence-electron chi connectivity index (χ1n) is 14.4. The van der Waals surface area contributed by atoms with Crippen molar-refractivity contribution >= 4 is 11.0 Å². The highest BCUT2D eigenvalue weighted by molar-refractivity contribution is 5.74. The van der Waals surface area contributed by atoms with Crippen LogP contribution in [0.4, 0.5) is 0 Å². The molecular weight excluding hydrogens is 508 g/mol. The third kappa shape index (κ3) is 9.03. The van der Waals surface area contributed by atoms with Gasteiger partial charge >= 0.3 is 0 Å². The van der Waals surface area contributed by atoms with Crippen molar-refractivity contribution in [2.45, 2.75) is 45.7 Å². The van der Waals surface area contributed by atoms with Crippen molar-refractivity contribution in [2.24, 2.45) is 0 Å². The van der Waals surface area contributed by atoms with Crippen molar-refractivity contribution in [3.8, 4) is 0 Å². The summed E-state index contributed by atoms with van der Waals surface area (Å²) in [5, 5.41) is 10.7. The van der Waals surface area contributed by atoms with Gasteiger partial charge in [-0.05, 0) is 54.4 Å². The van der Waals surface area contributed by atoms with Crippen LogP contribution in [0.15, 0.2) is 97.3 Å². The van der Waals surface area contributed by atoms with Gasteiger partial charge in [-0.3, -0.25) is 14.9 Å². The summed E-state index contributed by atoms with van der Waals surface area (Å²) in [5.74, 6) is 0.959. The normalized spacial score (nSPS) is 12.2. The van der Waals surface area contributed by atoms with Crippen LogP contribution in [0.3, 0.4) is 0 Å². The lowest BCUT2D eigenvalue weighted by molar-refractivity contribution is 0.195. The van der Waals surface area contributed by atoms with E-state index >= 15 is 0 Å². The number of imidazole rings is 1. The van der Waals surface area contributed by atoms with Crippen molar-refractivity contribution in [1.29, 1.82) is 0 Å². The minimum absolute atomic E-state index is 0.362. The van der Waals surface area contributed by atoms with Crippen molar-refractivity contribution in [2.75, 3.05) is 19.6 Å². The topological polar surface area (TPSA) is 93.8 Å². The average molecular weight is 549 g/mol. The number of nitrogens with zero attached hydrogens (tertiary/aromatic N) is 4. The zero-order valence-corrected chi connectivity index (χ0v) is 23.8. The Morgan fingerprint density at radius 3 is 2.10 bits per heavy atom. The van der Waals surface area contributed by atoms with Crippen LogP contribution in [0.1, 0.15) is 35.3 Å². The quantitative estimate of drug-likeness (QED) is 0.136. The van der Waals surface area contributed by atoms with Gasteiger partial charge in [0.15, 0.2) is 0 Å². The number of hydrogen-bond acceptors (Lipinski definition) is 7. The Morgan fingerprint density at radius 1 is 0.707 bits per heavy atom. The van der Waals surface area contributed by atoms with Gasteiger partial charge < -0.3 is 20.9 Å². The molecule has 0 saturated carbocycles. The molecule has 0 saturated heterocycles. The van der Waals surface area contributed by atoms with Gasteiger partial charge in [-0.2, -0.15) is 0 Å². The molecule has 1 atom stereocenters. The summed E-state index contributed by atoms with van der Waals surface area (Å²) in [7, 11) is 0. The molecule has 8 nitrogen and oxygen atoms in total. The predicted octanol–water partition coefficient (Wildman–Crippen LogP) is 4.41. The van der Waals surface area contributed by atoms with E-state index < -0.39 is 0 Å². The van der Waals surface area contributed by atoms with Crippen LogP contribution in [0.2, 0.25) is 0 Å². The van der Waals surface area contributed by atoms with E-state index in [1.807, 2.05) is 54.9 Å². The summed E-state index contributed by atoms with van der Waals surface area (Å²) in [6.45, 7) is 8.96. The lowest BCUT2D eigenvalue weighted by Gasteiger charge is -2.30. The highest BCUT2D eigenvalue weighted by Gasteiger charge is 2.14. The molecule has 5 rings (SSSR count). The molecule has 0 radical (unpaired) electrons. The monoisotopic (exact) mass is 548 g/mol. The summed E-state index contributed by atoms with van der Waals surface area (Å²) >= 11 is 0. The van der Waals surface area contributed by atoms with E-state index in [1.165, 1.54) is 11.1 Å². The van der Waals surface area contributed by atoms with Crippen molar-refractivity contribution in [3.63, 3.8) is 0 Å². The van der Waals surface area contributed by atoms with Crippen LogP contribution in [0.25, 0.3) is 11.0 Å². The Morgan fingerprint density at radius 2 is 1.39 bits per heavy atom. The zero-order chi connectivity index (χ0) is 28.1. The Balaban J connectivity index is 1.12. The molecule has 0 aliphatic rings. The Hall–Kier alpha value is -3.95. The first-order valence-corrected chi connectivity index (χ1v) is 14.4. The summed E-state index contributed by atoms with van der Waals surface area (Å²) in [6.07, 6.45) is 3.69. The zero-order valence-electron chi connectivity index (χ0n) is 23.8. The molecule has 2 aromatic carbocycles. The first kappa shape index (κ1) is 28.6. The Kier molecular flexibility index (Phi) is 10.6. The second-order valence-corrected chi connectivity index (χ2v) is 10.4. The smallest absolute Gasteiger partial charge is 0.121 e. The molecule has 8 heteroatoms. The van der Waals surface area contributed by atoms with Crippen molar-refractivity contribution < 1.29 is 0 Å². The minimum Gasteiger partial charge on any atom is -0.341 e. The molecule has 4 N–H and O–H groups in total. The summed E-state index contributed by atoms with van der Waals surface area (Å²) < 4.78 is 0. The maximum atomic E-state index is 4.65. The van der Waals surface area contributed by atoms with Gasteiger partial charge in [0.2, 0.25) is 0 Å². The van der Waals surface area contributed by atoms with Gasteiger partial charge in [0.25, 0.3) is 0 Å². The Labute approximate surface area is 242 Å². The summed E-state index contributed by atoms with van der Waals surface area (Å²) in [4.78, 5) is 19.4. The molecule has 3 aromatic heterocycles. The number of fused-ring (bicyclic) bond motifs is 1. The Bertz CT molecular complexity index is 1400. The van der Waals surface area contributed by atoms with E-state index in [0.29, 0.717) is 12.6 Å². The number of aromatic nitrogens is 4. The number of nitrogens with one attached hydrogen (secondary N) is 4. The fourth-order valence-corrected chi connectivity index (χ4v) is 4.85. The van der Waals surface area contributed by atoms with Gasteiger partial charge in [0, 0.05) is 64.2 Å².